The van der Waals surface area contributed by atoms with Crippen molar-refractivity contribution < 1.29 is 4.79 Å². The van der Waals surface area contributed by atoms with E-state index in [1.165, 1.54) is 12.0 Å². The summed E-state index contributed by atoms with van der Waals surface area (Å²) in [6, 6.07) is 10.7. The number of hydrogen-bond acceptors (Lipinski definition) is 2. The van der Waals surface area contributed by atoms with Crippen LogP contribution in [0.25, 0.3) is 0 Å². The Kier molecular flexibility index (Phi) is 3.79. The maximum absolute atomic E-state index is 12.9. The fraction of sp³-hybridized carbons (Fsp3) is 0.588. The van der Waals surface area contributed by atoms with Crippen molar-refractivity contribution in [3.8, 4) is 0 Å². The molecule has 1 aromatic carbocycles. The summed E-state index contributed by atoms with van der Waals surface area (Å²) >= 11 is 0. The molecular weight excluding hydrogens is 248 g/mol. The van der Waals surface area contributed by atoms with Gasteiger partial charge in [-0.25, -0.2) is 0 Å². The maximum atomic E-state index is 12.9. The highest BCUT2D eigenvalue weighted by Crippen LogP contribution is 2.49. The highest BCUT2D eigenvalue weighted by molar-refractivity contribution is 5.91. The average Bonchev–Trinajstić information content (AvgIpc) is 3.31. The van der Waals surface area contributed by atoms with Crippen molar-refractivity contribution in [2.24, 2.45) is 0 Å². The van der Waals surface area contributed by atoms with Crippen LogP contribution < -0.4 is 5.32 Å². The Bertz CT molecular complexity index is 459. The van der Waals surface area contributed by atoms with E-state index in [0.717, 1.165) is 38.8 Å². The van der Waals surface area contributed by atoms with Crippen LogP contribution in [0.1, 0.15) is 37.7 Å². The van der Waals surface area contributed by atoms with Crippen LogP contribution in [0.5, 0.6) is 0 Å². The number of rotatable bonds is 3. The van der Waals surface area contributed by atoms with E-state index in [-0.39, 0.29) is 5.41 Å². The molecule has 2 aliphatic rings. The van der Waals surface area contributed by atoms with E-state index in [2.05, 4.69) is 17.4 Å². The lowest BCUT2D eigenvalue weighted by atomic mass is 9.93. The SMILES string of the molecule is CN(C(=O)C1(c2ccccc2)CC1)C1CCCNCC1. The molecule has 1 heterocycles. The third-order valence-electron chi connectivity index (χ3n) is 4.90. The van der Waals surface area contributed by atoms with Gasteiger partial charge in [0, 0.05) is 13.1 Å². The third-order valence-corrected chi connectivity index (χ3v) is 4.90. The molecule has 108 valence electrons. The molecule has 1 atom stereocenters. The molecule has 1 saturated carbocycles. The minimum absolute atomic E-state index is 0.213. The van der Waals surface area contributed by atoms with E-state index < -0.39 is 0 Å². The number of carbonyl (C=O) groups excluding carboxylic acids is 1. The summed E-state index contributed by atoms with van der Waals surface area (Å²) in [5, 5.41) is 3.42. The smallest absolute Gasteiger partial charge is 0.233 e. The Labute approximate surface area is 121 Å². The van der Waals surface area contributed by atoms with Crippen molar-refractivity contribution >= 4 is 5.91 Å². The predicted octanol–water partition coefficient (Wildman–Crippen LogP) is 2.32. The van der Waals surface area contributed by atoms with Crippen molar-refractivity contribution in [3.05, 3.63) is 35.9 Å². The van der Waals surface area contributed by atoms with Gasteiger partial charge in [-0.3, -0.25) is 4.79 Å². The van der Waals surface area contributed by atoms with Crippen LogP contribution in [0.4, 0.5) is 0 Å². The number of nitrogens with zero attached hydrogens (tertiary/aromatic N) is 1. The highest BCUT2D eigenvalue weighted by Gasteiger charge is 2.53. The minimum Gasteiger partial charge on any atom is -0.342 e. The highest BCUT2D eigenvalue weighted by atomic mass is 16.2. The largest absolute Gasteiger partial charge is 0.342 e. The standard InChI is InChI=1S/C17H24N2O/c1-19(15-8-5-12-18-13-9-15)16(20)17(10-11-17)14-6-3-2-4-7-14/h2-4,6-7,15,18H,5,8-13H2,1H3. The molecule has 1 amide bonds. The zero-order valence-corrected chi connectivity index (χ0v) is 12.3. The first-order valence-corrected chi connectivity index (χ1v) is 7.77. The summed E-state index contributed by atoms with van der Waals surface area (Å²) in [6.07, 6.45) is 5.38. The van der Waals surface area contributed by atoms with Gasteiger partial charge in [-0.05, 0) is 50.8 Å². The Morgan fingerprint density at radius 2 is 1.95 bits per heavy atom. The monoisotopic (exact) mass is 272 g/mol. The van der Waals surface area contributed by atoms with E-state index in [9.17, 15) is 4.79 Å². The summed E-state index contributed by atoms with van der Waals surface area (Å²) in [5.74, 6) is 0.329. The fourth-order valence-corrected chi connectivity index (χ4v) is 3.40. The quantitative estimate of drug-likeness (QED) is 0.916. The van der Waals surface area contributed by atoms with Gasteiger partial charge in [-0.15, -0.1) is 0 Å². The van der Waals surface area contributed by atoms with Crippen LogP contribution in [-0.2, 0) is 10.2 Å². The number of nitrogens with one attached hydrogen (secondary N) is 1. The van der Waals surface area contributed by atoms with E-state index in [0.29, 0.717) is 11.9 Å². The summed E-state index contributed by atoms with van der Waals surface area (Å²) in [5.41, 5.74) is 0.985. The van der Waals surface area contributed by atoms with Gasteiger partial charge >= 0.3 is 0 Å². The molecule has 1 unspecified atom stereocenters. The molecule has 0 bridgehead atoms. The van der Waals surface area contributed by atoms with Gasteiger partial charge in [0.25, 0.3) is 0 Å². The molecule has 2 fully saturated rings. The van der Waals surface area contributed by atoms with Crippen molar-refractivity contribution in [1.82, 2.24) is 10.2 Å². The van der Waals surface area contributed by atoms with Gasteiger partial charge in [0.15, 0.2) is 0 Å². The molecule has 1 aliphatic carbocycles. The first-order valence-electron chi connectivity index (χ1n) is 7.77. The van der Waals surface area contributed by atoms with Gasteiger partial charge in [0.1, 0.15) is 0 Å². The van der Waals surface area contributed by atoms with E-state index in [1.54, 1.807) is 0 Å². The van der Waals surface area contributed by atoms with Gasteiger partial charge in [0.05, 0.1) is 5.41 Å². The lowest BCUT2D eigenvalue weighted by Crippen LogP contribution is -2.43. The molecule has 3 nitrogen and oxygen atoms in total. The zero-order valence-electron chi connectivity index (χ0n) is 12.3. The Balaban J connectivity index is 1.75. The molecule has 1 aliphatic heterocycles. The topological polar surface area (TPSA) is 32.3 Å². The van der Waals surface area contributed by atoms with E-state index in [4.69, 9.17) is 0 Å². The molecule has 3 rings (SSSR count). The number of carbonyl (C=O) groups is 1. The predicted molar refractivity (Wildman–Crippen MR) is 80.6 cm³/mol. The normalized spacial score (nSPS) is 24.8. The van der Waals surface area contributed by atoms with Crippen molar-refractivity contribution in [2.45, 2.75) is 43.6 Å². The molecule has 0 radical (unpaired) electrons. The van der Waals surface area contributed by atoms with Crippen LogP contribution in [-0.4, -0.2) is 37.0 Å². The Morgan fingerprint density at radius 3 is 2.65 bits per heavy atom. The number of amides is 1. The summed E-state index contributed by atoms with van der Waals surface area (Å²) in [4.78, 5) is 15.0. The minimum atomic E-state index is -0.213. The first-order chi connectivity index (χ1) is 9.74. The summed E-state index contributed by atoms with van der Waals surface area (Å²) < 4.78 is 0. The van der Waals surface area contributed by atoms with E-state index >= 15 is 0 Å². The average molecular weight is 272 g/mol. The third kappa shape index (κ3) is 2.47. The lowest BCUT2D eigenvalue weighted by molar-refractivity contribution is -0.135. The van der Waals surface area contributed by atoms with Crippen molar-refractivity contribution in [3.63, 3.8) is 0 Å². The lowest BCUT2D eigenvalue weighted by Gasteiger charge is -2.31. The van der Waals surface area contributed by atoms with Crippen LogP contribution in [0.15, 0.2) is 30.3 Å². The van der Waals surface area contributed by atoms with Gasteiger partial charge in [-0.1, -0.05) is 30.3 Å². The molecule has 3 heteroatoms. The second kappa shape index (κ2) is 5.57. The fourth-order valence-electron chi connectivity index (χ4n) is 3.40. The second-order valence-corrected chi connectivity index (χ2v) is 6.20. The molecule has 0 spiro atoms. The number of likely N-dealkylation sites (N-methyl/N-ethyl adjacent to an activating group) is 1. The van der Waals surface area contributed by atoms with Gasteiger partial charge < -0.3 is 10.2 Å². The maximum Gasteiger partial charge on any atom is 0.233 e. The summed E-state index contributed by atoms with van der Waals surface area (Å²) in [7, 11) is 2.00. The van der Waals surface area contributed by atoms with Crippen molar-refractivity contribution in [1.29, 1.82) is 0 Å². The molecular formula is C17H24N2O. The molecule has 1 saturated heterocycles. The van der Waals surface area contributed by atoms with Crippen molar-refractivity contribution in [2.75, 3.05) is 20.1 Å². The Morgan fingerprint density at radius 1 is 1.20 bits per heavy atom. The molecule has 1 aromatic rings. The van der Waals surface area contributed by atoms with Crippen LogP contribution >= 0.6 is 0 Å². The van der Waals surface area contributed by atoms with Crippen LogP contribution in [0.2, 0.25) is 0 Å². The molecule has 1 N–H and O–H groups in total. The zero-order chi connectivity index (χ0) is 14.0. The Hall–Kier alpha value is -1.35. The van der Waals surface area contributed by atoms with E-state index in [1.807, 2.05) is 30.1 Å². The van der Waals surface area contributed by atoms with Gasteiger partial charge in [-0.2, -0.15) is 0 Å². The van der Waals surface area contributed by atoms with Crippen LogP contribution in [0, 0.1) is 0 Å². The second-order valence-electron chi connectivity index (χ2n) is 6.20. The van der Waals surface area contributed by atoms with Gasteiger partial charge in [0.2, 0.25) is 5.91 Å². The number of hydrogen-bond donors (Lipinski definition) is 1. The molecule has 20 heavy (non-hydrogen) atoms. The number of benzene rings is 1. The first kappa shape index (κ1) is 13.6. The van der Waals surface area contributed by atoms with Crippen LogP contribution in [0.3, 0.4) is 0 Å². The summed E-state index contributed by atoms with van der Waals surface area (Å²) in [6.45, 7) is 2.11. The molecule has 0 aromatic heterocycles.